The second-order valence-corrected chi connectivity index (χ2v) is 11.4. The van der Waals surface area contributed by atoms with Gasteiger partial charge in [0, 0.05) is 41.0 Å². The standard InChI is InChI=1S/C27H36N4O8S2/c1-9-38-26(36)18-14(3)20(24(34)30(5)6)40-22(18)28-16(32)12-11-13-17(33)29-23-19(27(37)39-10-2)15(4)21(41-23)25(35)31(7)8/h9-13H2,1-8H3,(H,28,32)(H,29,33). The van der Waals surface area contributed by atoms with Crippen LogP contribution in [0.3, 0.4) is 0 Å². The second kappa shape index (κ2) is 14.7. The number of anilines is 2. The van der Waals surface area contributed by atoms with E-state index in [2.05, 4.69) is 10.6 Å². The first-order valence-corrected chi connectivity index (χ1v) is 14.5. The van der Waals surface area contributed by atoms with Gasteiger partial charge in [-0.25, -0.2) is 9.59 Å². The number of amides is 4. The number of ether oxygens (including phenoxy) is 2. The van der Waals surface area contributed by atoms with Crippen molar-refractivity contribution in [2.24, 2.45) is 0 Å². The van der Waals surface area contributed by atoms with Crippen LogP contribution in [0.5, 0.6) is 0 Å². The van der Waals surface area contributed by atoms with Gasteiger partial charge in [0.05, 0.1) is 34.1 Å². The van der Waals surface area contributed by atoms with E-state index in [-0.39, 0.29) is 65.4 Å². The highest BCUT2D eigenvalue weighted by molar-refractivity contribution is 7.19. The third kappa shape index (κ3) is 8.13. The van der Waals surface area contributed by atoms with E-state index in [1.54, 1.807) is 55.9 Å². The Morgan fingerprint density at radius 1 is 0.659 bits per heavy atom. The molecule has 14 heteroatoms. The molecule has 0 fully saturated rings. The molecule has 2 N–H and O–H groups in total. The summed E-state index contributed by atoms with van der Waals surface area (Å²) in [6, 6.07) is 0. The zero-order valence-electron chi connectivity index (χ0n) is 24.5. The lowest BCUT2D eigenvalue weighted by Gasteiger charge is -2.09. The zero-order chi connectivity index (χ0) is 31.0. The summed E-state index contributed by atoms with van der Waals surface area (Å²) in [7, 11) is 6.35. The number of nitrogens with zero attached hydrogens (tertiary/aromatic N) is 2. The predicted octanol–water partition coefficient (Wildman–Crippen LogP) is 3.93. The molecular formula is C27H36N4O8S2. The minimum absolute atomic E-state index is 0.0534. The molecule has 0 aliphatic heterocycles. The molecule has 2 heterocycles. The summed E-state index contributed by atoms with van der Waals surface area (Å²) in [4.78, 5) is 79.1. The summed E-state index contributed by atoms with van der Waals surface area (Å²) in [6.45, 7) is 6.80. The molecular weight excluding hydrogens is 572 g/mol. The van der Waals surface area contributed by atoms with E-state index in [1.165, 1.54) is 9.80 Å². The first-order chi connectivity index (χ1) is 19.2. The van der Waals surface area contributed by atoms with E-state index in [0.717, 1.165) is 22.7 Å². The van der Waals surface area contributed by atoms with Crippen molar-refractivity contribution < 1.29 is 38.2 Å². The number of nitrogens with one attached hydrogen (secondary N) is 2. The van der Waals surface area contributed by atoms with Gasteiger partial charge in [-0.1, -0.05) is 0 Å². The van der Waals surface area contributed by atoms with E-state index in [1.807, 2.05) is 0 Å². The van der Waals surface area contributed by atoms with E-state index < -0.39 is 23.8 Å². The number of hydrogen-bond donors (Lipinski definition) is 2. The van der Waals surface area contributed by atoms with Crippen molar-refractivity contribution in [2.45, 2.75) is 47.0 Å². The first kappa shape index (κ1) is 33.4. The van der Waals surface area contributed by atoms with Crippen molar-refractivity contribution in [3.05, 3.63) is 32.0 Å². The largest absolute Gasteiger partial charge is 0.462 e. The minimum Gasteiger partial charge on any atom is -0.462 e. The normalized spacial score (nSPS) is 10.5. The van der Waals surface area contributed by atoms with Crippen molar-refractivity contribution in [2.75, 3.05) is 52.0 Å². The van der Waals surface area contributed by atoms with E-state index in [0.29, 0.717) is 20.9 Å². The van der Waals surface area contributed by atoms with Gasteiger partial charge < -0.3 is 29.9 Å². The Labute approximate surface area is 247 Å². The Bertz CT molecular complexity index is 1240. The van der Waals surface area contributed by atoms with Gasteiger partial charge in [-0.15, -0.1) is 22.7 Å². The maximum atomic E-state index is 12.7. The monoisotopic (exact) mass is 608 g/mol. The Balaban J connectivity index is 2.13. The van der Waals surface area contributed by atoms with Crippen LogP contribution in [0.4, 0.5) is 10.0 Å². The smallest absolute Gasteiger partial charge is 0.341 e. The van der Waals surface area contributed by atoms with Crippen LogP contribution in [0.2, 0.25) is 0 Å². The summed E-state index contributed by atoms with van der Waals surface area (Å²) >= 11 is 1.97. The molecule has 0 atom stereocenters. The van der Waals surface area contributed by atoms with Crippen molar-refractivity contribution in [1.29, 1.82) is 0 Å². The lowest BCUT2D eigenvalue weighted by atomic mass is 10.1. The molecule has 0 radical (unpaired) electrons. The third-order valence-electron chi connectivity index (χ3n) is 5.77. The van der Waals surface area contributed by atoms with Crippen LogP contribution < -0.4 is 10.6 Å². The summed E-state index contributed by atoms with van der Waals surface area (Å²) in [6.07, 6.45) is 0.0488. The van der Waals surface area contributed by atoms with Gasteiger partial charge in [-0.3, -0.25) is 19.2 Å². The molecule has 41 heavy (non-hydrogen) atoms. The van der Waals surface area contributed by atoms with E-state index in [4.69, 9.17) is 9.47 Å². The molecule has 0 aliphatic carbocycles. The van der Waals surface area contributed by atoms with E-state index >= 15 is 0 Å². The SMILES string of the molecule is CCOC(=O)c1c(NC(=O)CCCC(=O)Nc2sc(C(=O)N(C)C)c(C)c2C(=O)OCC)sc(C(=O)N(C)C)c1C. The number of hydrogen-bond acceptors (Lipinski definition) is 10. The van der Waals surface area contributed by atoms with Crippen LogP contribution >= 0.6 is 22.7 Å². The highest BCUT2D eigenvalue weighted by Gasteiger charge is 2.29. The number of esters is 2. The Morgan fingerprint density at radius 2 is 1.00 bits per heavy atom. The predicted molar refractivity (Wildman–Crippen MR) is 157 cm³/mol. The maximum absolute atomic E-state index is 12.7. The molecule has 2 rings (SSSR count). The first-order valence-electron chi connectivity index (χ1n) is 12.9. The molecule has 0 aliphatic rings. The minimum atomic E-state index is -0.649. The third-order valence-corrected chi connectivity index (χ3v) is 8.16. The molecule has 0 spiro atoms. The van der Waals surface area contributed by atoms with Crippen LogP contribution in [0.15, 0.2) is 0 Å². The molecule has 0 unspecified atom stereocenters. The molecule has 0 aromatic carbocycles. The molecule has 0 saturated carbocycles. The van der Waals surface area contributed by atoms with Gasteiger partial charge in [-0.2, -0.15) is 0 Å². The molecule has 0 bridgehead atoms. The number of thiophene rings is 2. The van der Waals surface area contributed by atoms with Crippen molar-refractivity contribution >= 4 is 68.2 Å². The quantitative estimate of drug-likeness (QED) is 0.344. The fraction of sp³-hybridized carbons (Fsp3) is 0.481. The zero-order valence-corrected chi connectivity index (χ0v) is 26.1. The Hall–Kier alpha value is -3.78. The van der Waals surface area contributed by atoms with Crippen molar-refractivity contribution in [3.8, 4) is 0 Å². The molecule has 224 valence electrons. The average Bonchev–Trinajstić information content (AvgIpc) is 3.38. The lowest BCUT2D eigenvalue weighted by molar-refractivity contribution is -0.117. The Morgan fingerprint density at radius 3 is 1.29 bits per heavy atom. The van der Waals surface area contributed by atoms with Crippen LogP contribution in [-0.4, -0.2) is 86.8 Å². The summed E-state index contributed by atoms with van der Waals surface area (Å²) in [5, 5.41) is 5.75. The van der Waals surface area contributed by atoms with Crippen LogP contribution in [0.25, 0.3) is 0 Å². The average molecular weight is 609 g/mol. The van der Waals surface area contributed by atoms with Gasteiger partial charge >= 0.3 is 11.9 Å². The summed E-state index contributed by atoms with van der Waals surface area (Å²) < 4.78 is 10.2. The molecule has 2 aromatic heterocycles. The topological polar surface area (TPSA) is 151 Å². The Kier molecular flexibility index (Phi) is 12.0. The van der Waals surface area contributed by atoms with Gasteiger partial charge in [0.15, 0.2) is 0 Å². The van der Waals surface area contributed by atoms with Gasteiger partial charge in [0.2, 0.25) is 11.8 Å². The molecule has 2 aromatic rings. The fourth-order valence-electron chi connectivity index (χ4n) is 3.70. The molecule has 4 amide bonds. The van der Waals surface area contributed by atoms with Crippen LogP contribution in [-0.2, 0) is 19.1 Å². The van der Waals surface area contributed by atoms with Crippen molar-refractivity contribution in [3.63, 3.8) is 0 Å². The number of rotatable bonds is 12. The molecule has 0 saturated heterocycles. The maximum Gasteiger partial charge on any atom is 0.341 e. The highest BCUT2D eigenvalue weighted by Crippen LogP contribution is 2.36. The van der Waals surface area contributed by atoms with E-state index in [9.17, 15) is 28.8 Å². The highest BCUT2D eigenvalue weighted by atomic mass is 32.1. The number of carbonyl (C=O) groups excluding carboxylic acids is 6. The van der Waals surface area contributed by atoms with Crippen molar-refractivity contribution in [1.82, 2.24) is 9.80 Å². The lowest BCUT2D eigenvalue weighted by Crippen LogP contribution is -2.21. The summed E-state index contributed by atoms with van der Waals surface area (Å²) in [5.74, 6) is -2.82. The van der Waals surface area contributed by atoms with Gasteiger partial charge in [0.25, 0.3) is 11.8 Å². The number of carbonyl (C=O) groups is 6. The van der Waals surface area contributed by atoms with Crippen LogP contribution in [0, 0.1) is 13.8 Å². The van der Waals surface area contributed by atoms with Crippen LogP contribution in [0.1, 0.15) is 84.3 Å². The second-order valence-electron chi connectivity index (χ2n) is 9.31. The van der Waals surface area contributed by atoms with Gasteiger partial charge in [0.1, 0.15) is 10.0 Å². The summed E-state index contributed by atoms with van der Waals surface area (Å²) in [5.41, 5.74) is 1.07. The molecule has 12 nitrogen and oxygen atoms in total. The fourth-order valence-corrected chi connectivity index (χ4v) is 6.17. The van der Waals surface area contributed by atoms with Gasteiger partial charge in [-0.05, 0) is 45.2 Å².